The first-order chi connectivity index (χ1) is 21.5. The minimum atomic E-state index is -1.47. The van der Waals surface area contributed by atoms with E-state index in [1.807, 2.05) is 32.1 Å². The average Bonchev–Trinajstić information content (AvgIpc) is 2.99. The number of unbranched alkanes of at least 4 members (excludes halogenated alkanes) is 1. The second kappa shape index (κ2) is 17.2. The van der Waals surface area contributed by atoms with Crippen molar-refractivity contribution in [3.63, 3.8) is 0 Å². The van der Waals surface area contributed by atoms with Gasteiger partial charge in [0.25, 0.3) is 0 Å². The van der Waals surface area contributed by atoms with Crippen molar-refractivity contribution in [2.45, 2.75) is 78.4 Å². The zero-order valence-corrected chi connectivity index (χ0v) is 27.0. The number of benzene rings is 2. The Kier molecular flexibility index (Phi) is 13.7. The summed E-state index contributed by atoms with van der Waals surface area (Å²) >= 11 is 0. The maximum atomic E-state index is 14.3. The van der Waals surface area contributed by atoms with E-state index in [1.54, 1.807) is 24.0 Å². The van der Waals surface area contributed by atoms with Gasteiger partial charge in [-0.15, -0.1) is 6.58 Å². The predicted molar refractivity (Wildman–Crippen MR) is 176 cm³/mol. The number of nitrogens with zero attached hydrogens (tertiary/aromatic N) is 1. The lowest BCUT2D eigenvalue weighted by Gasteiger charge is -2.42. The van der Waals surface area contributed by atoms with Crippen LogP contribution in [0.1, 0.15) is 69.6 Å². The van der Waals surface area contributed by atoms with Gasteiger partial charge < -0.3 is 21.1 Å². The molecule has 8 heteroatoms. The summed E-state index contributed by atoms with van der Waals surface area (Å²) in [6, 6.07) is 11.4. The second-order valence-corrected chi connectivity index (χ2v) is 12.2. The summed E-state index contributed by atoms with van der Waals surface area (Å²) in [5.74, 6) is -3.26. The molecule has 1 aliphatic rings. The highest BCUT2D eigenvalue weighted by Gasteiger charge is 2.48. The molecule has 0 aromatic heterocycles. The number of hydrogen-bond acceptors (Lipinski definition) is 4. The Morgan fingerprint density at radius 1 is 1.09 bits per heavy atom. The van der Waals surface area contributed by atoms with Crippen molar-refractivity contribution < 1.29 is 23.5 Å². The number of primary amides is 1. The van der Waals surface area contributed by atoms with Gasteiger partial charge >= 0.3 is 0 Å². The van der Waals surface area contributed by atoms with Gasteiger partial charge in [0, 0.05) is 43.7 Å². The molecule has 0 saturated heterocycles. The summed E-state index contributed by atoms with van der Waals surface area (Å²) < 4.78 is 28.6. The number of hydrogen-bond donors (Lipinski definition) is 3. The third-order valence-electron chi connectivity index (χ3n) is 8.43. The first-order valence-electron chi connectivity index (χ1n) is 16.0. The van der Waals surface area contributed by atoms with Gasteiger partial charge in [0.1, 0.15) is 11.6 Å². The predicted octanol–water partition coefficient (Wildman–Crippen LogP) is 6.18. The van der Waals surface area contributed by atoms with Crippen molar-refractivity contribution in [2.24, 2.45) is 17.1 Å². The van der Waals surface area contributed by atoms with Crippen LogP contribution in [0.4, 0.5) is 8.78 Å². The summed E-state index contributed by atoms with van der Waals surface area (Å²) in [7, 11) is 0. The van der Waals surface area contributed by atoms with Crippen molar-refractivity contribution >= 4 is 11.8 Å². The van der Waals surface area contributed by atoms with Crippen molar-refractivity contribution in [3.05, 3.63) is 107 Å². The highest BCUT2D eigenvalue weighted by molar-refractivity contribution is 5.97. The van der Waals surface area contributed by atoms with Crippen LogP contribution >= 0.6 is 0 Å². The van der Waals surface area contributed by atoms with Gasteiger partial charge in [-0.05, 0) is 80.7 Å². The lowest BCUT2D eigenvalue weighted by atomic mass is 9.63. The molecular formula is C37H49F2N3O3. The smallest absolute Gasteiger partial charge is 0.249 e. The van der Waals surface area contributed by atoms with E-state index < -0.39 is 35.0 Å². The molecule has 3 atom stereocenters. The van der Waals surface area contributed by atoms with Crippen LogP contribution in [0.15, 0.2) is 78.4 Å². The van der Waals surface area contributed by atoms with Crippen molar-refractivity contribution in [3.8, 4) is 0 Å². The Morgan fingerprint density at radius 3 is 2.38 bits per heavy atom. The monoisotopic (exact) mass is 621 g/mol. The molecule has 0 saturated carbocycles. The highest BCUT2D eigenvalue weighted by Crippen LogP contribution is 2.44. The van der Waals surface area contributed by atoms with Crippen LogP contribution < -0.4 is 11.1 Å². The van der Waals surface area contributed by atoms with Crippen LogP contribution in [0.2, 0.25) is 0 Å². The van der Waals surface area contributed by atoms with E-state index in [4.69, 9.17) is 5.73 Å². The largest absolute Gasteiger partial charge is 0.391 e. The number of rotatable bonds is 18. The zero-order valence-electron chi connectivity index (χ0n) is 27.0. The fourth-order valence-corrected chi connectivity index (χ4v) is 6.41. The molecule has 1 unspecified atom stereocenters. The number of halogens is 2. The van der Waals surface area contributed by atoms with Gasteiger partial charge in [-0.2, -0.15) is 0 Å². The normalized spacial score (nSPS) is 17.6. The number of nitrogens with two attached hydrogens (primary N) is 1. The molecule has 2 aromatic carbocycles. The van der Waals surface area contributed by atoms with E-state index in [0.29, 0.717) is 30.8 Å². The molecule has 6 nitrogen and oxygen atoms in total. The quantitative estimate of drug-likeness (QED) is 0.137. The molecule has 0 spiro atoms. The van der Waals surface area contributed by atoms with Gasteiger partial charge in [0.05, 0.1) is 11.5 Å². The number of aliphatic hydroxyl groups excluding tert-OH is 1. The maximum absolute atomic E-state index is 14.3. The minimum absolute atomic E-state index is 0.0191. The van der Waals surface area contributed by atoms with E-state index in [1.165, 1.54) is 17.7 Å². The standard InChI is InChI=1S/C37H49F2N3O3/c1-5-8-9-11-27-12-10-13-28(17-27)24-41-25-34(43)33(20-29-18-31(38)21-32(39)19-29)37(36(40)45)22-26(4)16-30(23-37)35(44)42(14-6-2)15-7-3/h5,10,12-13,16-19,21-22,33-34,41,43H,1,6-9,11,14-15,20,23-25H2,2-4H3,(H2,40,45)/t33-,34+,37?/m1/s1. The van der Waals surface area contributed by atoms with Gasteiger partial charge in [-0.1, -0.05) is 61.9 Å². The van der Waals surface area contributed by atoms with Crippen LogP contribution in [0.3, 0.4) is 0 Å². The molecule has 1 aliphatic carbocycles. The van der Waals surface area contributed by atoms with E-state index in [2.05, 4.69) is 24.0 Å². The molecular weight excluding hydrogens is 572 g/mol. The molecule has 0 fully saturated rings. The zero-order chi connectivity index (χ0) is 33.0. The maximum Gasteiger partial charge on any atom is 0.249 e. The van der Waals surface area contributed by atoms with Crippen LogP contribution in [-0.2, 0) is 29.0 Å². The number of carbonyl (C=O) groups is 2. The molecule has 2 amide bonds. The third-order valence-corrected chi connectivity index (χ3v) is 8.43. The van der Waals surface area contributed by atoms with Crippen molar-refractivity contribution in [2.75, 3.05) is 19.6 Å². The van der Waals surface area contributed by atoms with E-state index in [0.717, 1.165) is 43.7 Å². The molecule has 3 rings (SSSR count). The SMILES string of the molecule is C=CCCCc1cccc(CNC[C@H](O)[C@@H](Cc2cc(F)cc(F)c2)C2(C(N)=O)C=C(C)C=C(C(=O)N(CCC)CCC)C2)c1. The number of aliphatic hydroxyl groups is 1. The fourth-order valence-electron chi connectivity index (χ4n) is 6.41. The van der Waals surface area contributed by atoms with E-state index >= 15 is 0 Å². The Bertz CT molecular complexity index is 1360. The summed E-state index contributed by atoms with van der Waals surface area (Å²) in [6.45, 7) is 11.3. The Balaban J connectivity index is 1.92. The minimum Gasteiger partial charge on any atom is -0.391 e. The summed E-state index contributed by atoms with van der Waals surface area (Å²) in [6.07, 6.45) is 8.66. The number of amides is 2. The lowest BCUT2D eigenvalue weighted by Crippen LogP contribution is -2.51. The van der Waals surface area contributed by atoms with Gasteiger partial charge in [-0.25, -0.2) is 8.78 Å². The topological polar surface area (TPSA) is 95.7 Å². The van der Waals surface area contributed by atoms with E-state index in [9.17, 15) is 23.5 Å². The van der Waals surface area contributed by atoms with Gasteiger partial charge in [0.2, 0.25) is 11.8 Å². The summed E-state index contributed by atoms with van der Waals surface area (Å²) in [4.78, 5) is 28.9. The molecule has 0 radical (unpaired) electrons. The van der Waals surface area contributed by atoms with Crippen LogP contribution in [0, 0.1) is 23.0 Å². The number of aryl methyl sites for hydroxylation is 1. The summed E-state index contributed by atoms with van der Waals surface area (Å²) in [5.41, 5.74) is 8.31. The van der Waals surface area contributed by atoms with E-state index in [-0.39, 0.29) is 30.9 Å². The van der Waals surface area contributed by atoms with Gasteiger partial charge in [0.15, 0.2) is 0 Å². The summed E-state index contributed by atoms with van der Waals surface area (Å²) in [5, 5.41) is 15.0. The highest BCUT2D eigenvalue weighted by atomic mass is 19.1. The molecule has 244 valence electrons. The number of allylic oxidation sites excluding steroid dienone is 3. The first kappa shape index (κ1) is 35.9. The fraction of sp³-hybridized carbons (Fsp3) is 0.459. The molecule has 2 aromatic rings. The molecule has 0 heterocycles. The van der Waals surface area contributed by atoms with Crippen LogP contribution in [0.5, 0.6) is 0 Å². The average molecular weight is 622 g/mol. The van der Waals surface area contributed by atoms with Gasteiger partial charge in [-0.3, -0.25) is 9.59 Å². The molecule has 0 aliphatic heterocycles. The number of carbonyl (C=O) groups excluding carboxylic acids is 2. The van der Waals surface area contributed by atoms with Crippen molar-refractivity contribution in [1.29, 1.82) is 0 Å². The molecule has 0 bridgehead atoms. The van der Waals surface area contributed by atoms with Crippen molar-refractivity contribution in [1.82, 2.24) is 10.2 Å². The van der Waals surface area contributed by atoms with Crippen LogP contribution in [-0.4, -0.2) is 47.6 Å². The third kappa shape index (κ3) is 9.93. The first-order valence-corrected chi connectivity index (χ1v) is 16.0. The lowest BCUT2D eigenvalue weighted by molar-refractivity contribution is -0.132. The molecule has 45 heavy (non-hydrogen) atoms. The Morgan fingerprint density at radius 2 is 1.76 bits per heavy atom. The van der Waals surface area contributed by atoms with Crippen LogP contribution in [0.25, 0.3) is 0 Å². The second-order valence-electron chi connectivity index (χ2n) is 12.2. The molecule has 4 N–H and O–H groups in total. The Hall–Kier alpha value is -3.62. The number of nitrogens with one attached hydrogen (secondary N) is 1. The Labute approximate surface area is 267 Å².